The van der Waals surface area contributed by atoms with Gasteiger partial charge in [0.25, 0.3) is 0 Å². The van der Waals surface area contributed by atoms with Crippen molar-refractivity contribution in [2.45, 2.75) is 52.4 Å². The van der Waals surface area contributed by atoms with Crippen molar-refractivity contribution in [1.29, 1.82) is 0 Å². The van der Waals surface area contributed by atoms with Gasteiger partial charge in [0, 0.05) is 44.4 Å². The van der Waals surface area contributed by atoms with Crippen molar-refractivity contribution in [1.82, 2.24) is 4.48 Å². The van der Waals surface area contributed by atoms with Crippen molar-refractivity contribution in [2.75, 3.05) is 4.90 Å². The average Bonchev–Trinajstić information content (AvgIpc) is 3.72. The van der Waals surface area contributed by atoms with Crippen LogP contribution in [0.4, 0.5) is 17.1 Å². The van der Waals surface area contributed by atoms with Crippen LogP contribution < -0.4 is 15.8 Å². The number of hydrogen-bond acceptors (Lipinski definition) is 1. The Hall–Kier alpha value is -7.88. The third-order valence-electron chi connectivity index (χ3n) is 16.1. The summed E-state index contributed by atoms with van der Waals surface area (Å²) >= 11 is 0. The molecule has 0 atom stereocenters. The molecule has 0 N–H and O–H groups in total. The first-order chi connectivity index (χ1) is 33.5. The molecule has 326 valence electrons. The topological polar surface area (TPSA) is 8.17 Å². The summed E-state index contributed by atoms with van der Waals surface area (Å²) in [7, 11) is 0. The first-order valence-electron chi connectivity index (χ1n) is 24.7. The molecule has 15 rings (SSSR count). The van der Waals surface area contributed by atoms with Crippen LogP contribution in [0.1, 0.15) is 52.7 Å². The van der Waals surface area contributed by atoms with Crippen molar-refractivity contribution >= 4 is 132 Å². The van der Waals surface area contributed by atoms with Gasteiger partial charge in [0.15, 0.2) is 0 Å². The van der Waals surface area contributed by atoms with Gasteiger partial charge in [-0.05, 0) is 162 Å². The summed E-state index contributed by atoms with van der Waals surface area (Å²) in [6.07, 6.45) is 0. The summed E-state index contributed by atoms with van der Waals surface area (Å²) in [6.45, 7) is 14.0. The molecule has 12 aromatic carbocycles. The number of rotatable bonds is 1. The third kappa shape index (κ3) is 5.28. The molecule has 3 heteroatoms. The molecule has 0 unspecified atom stereocenters. The summed E-state index contributed by atoms with van der Waals surface area (Å²) in [5.41, 5.74) is 14.2. The van der Waals surface area contributed by atoms with Crippen LogP contribution in [0.2, 0.25) is 0 Å². The first-order valence-corrected chi connectivity index (χ1v) is 24.7. The third-order valence-corrected chi connectivity index (χ3v) is 16.1. The van der Waals surface area contributed by atoms with Gasteiger partial charge in [-0.1, -0.05) is 181 Å². The van der Waals surface area contributed by atoms with Crippen LogP contribution in [0.25, 0.3) is 108 Å². The number of hydrogen-bond donors (Lipinski definition) is 0. The van der Waals surface area contributed by atoms with Crippen molar-refractivity contribution in [3.63, 3.8) is 0 Å². The molecule has 0 fully saturated rings. The number of anilines is 3. The summed E-state index contributed by atoms with van der Waals surface area (Å²) in [5, 5.41) is 20.6. The number of nitrogens with zero attached hydrogens (tertiary/aromatic N) is 2. The first kappa shape index (κ1) is 39.2. The Labute approximate surface area is 402 Å². The van der Waals surface area contributed by atoms with Crippen LogP contribution in [-0.2, 0) is 10.8 Å². The standard InChI is InChI=1S/C66H49BN2/c1-65(2,3)43-35-44(66(4,5)6)37-45(36-43)68-58-34-42-31-54-52-26-16-14-24-50(52)49-23-13-15-25-51(49)53(54)30-41(42)32-56(58)67-63-59(68)33-40-19-9-11-21-47(40)60(63)55-29-39-18-8-12-22-48(39)62-61-46-20-10-7-17-38(46)27-28-57(61)69(67)64(55)62/h7-37H,1-6H3. The molecule has 13 aromatic rings. The van der Waals surface area contributed by atoms with E-state index in [1.165, 1.54) is 147 Å². The highest BCUT2D eigenvalue weighted by molar-refractivity contribution is 6.90. The van der Waals surface area contributed by atoms with Gasteiger partial charge < -0.3 is 9.38 Å². The minimum absolute atomic E-state index is 0.0649. The van der Waals surface area contributed by atoms with E-state index in [1.807, 2.05) is 0 Å². The van der Waals surface area contributed by atoms with Crippen molar-refractivity contribution in [2.24, 2.45) is 0 Å². The lowest BCUT2D eigenvalue weighted by atomic mass is 9.44. The highest BCUT2D eigenvalue weighted by Crippen LogP contribution is 2.52. The van der Waals surface area contributed by atoms with E-state index in [1.54, 1.807) is 0 Å². The molecule has 0 bridgehead atoms. The quantitative estimate of drug-likeness (QED) is 0.0906. The molecule has 2 aliphatic heterocycles. The molecule has 0 aliphatic carbocycles. The summed E-state index contributed by atoms with van der Waals surface area (Å²) < 4.78 is 2.76. The van der Waals surface area contributed by atoms with Crippen molar-refractivity contribution in [3.8, 4) is 11.1 Å². The van der Waals surface area contributed by atoms with Crippen LogP contribution in [0.5, 0.6) is 0 Å². The van der Waals surface area contributed by atoms with E-state index in [4.69, 9.17) is 0 Å². The van der Waals surface area contributed by atoms with Gasteiger partial charge in [-0.25, -0.2) is 0 Å². The molecular weight excluding hydrogens is 832 g/mol. The molecule has 3 heterocycles. The fourth-order valence-corrected chi connectivity index (χ4v) is 12.8. The highest BCUT2D eigenvalue weighted by Gasteiger charge is 2.44. The molecule has 0 amide bonds. The molecule has 2 aliphatic rings. The minimum atomic E-state index is -0.109. The Bertz CT molecular complexity index is 4430. The summed E-state index contributed by atoms with van der Waals surface area (Å²) in [5.74, 6) is 0. The Morgan fingerprint density at radius 3 is 1.48 bits per heavy atom. The zero-order chi connectivity index (χ0) is 46.2. The predicted octanol–water partition coefficient (Wildman–Crippen LogP) is 16.9. The van der Waals surface area contributed by atoms with Gasteiger partial charge in [-0.15, -0.1) is 0 Å². The van der Waals surface area contributed by atoms with E-state index in [-0.39, 0.29) is 17.7 Å². The molecule has 2 nitrogen and oxygen atoms in total. The average molecular weight is 881 g/mol. The van der Waals surface area contributed by atoms with E-state index in [0.29, 0.717) is 0 Å². The molecular formula is C66H49BN2. The Balaban J connectivity index is 1.17. The molecule has 0 saturated heterocycles. The van der Waals surface area contributed by atoms with Crippen molar-refractivity contribution < 1.29 is 0 Å². The normalized spacial score (nSPS) is 13.6. The van der Waals surface area contributed by atoms with Gasteiger partial charge in [-0.2, -0.15) is 0 Å². The van der Waals surface area contributed by atoms with Gasteiger partial charge >= 0.3 is 6.85 Å². The van der Waals surface area contributed by atoms with Crippen LogP contribution in [0.3, 0.4) is 0 Å². The van der Waals surface area contributed by atoms with Gasteiger partial charge in [-0.3, -0.25) is 0 Å². The SMILES string of the molecule is CC(C)(C)c1cc(N2c3cc4cc5c6ccccc6c6ccccc6c5cc4cc3B3c4c2cc2ccccc2c4-c2cc4ccccc4c4c5c6ccccc6ccc5n3c24)cc(C(C)(C)C)c1. The van der Waals surface area contributed by atoms with Crippen LogP contribution >= 0.6 is 0 Å². The van der Waals surface area contributed by atoms with E-state index in [2.05, 4.69) is 239 Å². The smallest absolute Gasteiger partial charge is 0.333 e. The maximum absolute atomic E-state index is 2.76. The Morgan fingerprint density at radius 1 is 0.377 bits per heavy atom. The second-order valence-corrected chi connectivity index (χ2v) is 22.1. The highest BCUT2D eigenvalue weighted by atomic mass is 15.2. The van der Waals surface area contributed by atoms with Gasteiger partial charge in [0.05, 0.1) is 0 Å². The zero-order valence-corrected chi connectivity index (χ0v) is 39.9. The lowest BCUT2D eigenvalue weighted by Crippen LogP contribution is -2.56. The van der Waals surface area contributed by atoms with Gasteiger partial charge in [0.2, 0.25) is 0 Å². The maximum atomic E-state index is 2.76. The lowest BCUT2D eigenvalue weighted by Gasteiger charge is -2.42. The number of aromatic nitrogens is 1. The predicted molar refractivity (Wildman–Crippen MR) is 300 cm³/mol. The van der Waals surface area contributed by atoms with E-state index >= 15 is 0 Å². The fourth-order valence-electron chi connectivity index (χ4n) is 12.8. The molecule has 69 heavy (non-hydrogen) atoms. The molecule has 0 saturated carbocycles. The van der Waals surface area contributed by atoms with E-state index < -0.39 is 0 Å². The summed E-state index contributed by atoms with van der Waals surface area (Å²) in [6, 6.07) is 72.6. The monoisotopic (exact) mass is 880 g/mol. The lowest BCUT2D eigenvalue weighted by molar-refractivity contribution is 0.569. The second kappa shape index (κ2) is 13.4. The van der Waals surface area contributed by atoms with Crippen molar-refractivity contribution in [3.05, 3.63) is 199 Å². The fraction of sp³-hybridized carbons (Fsp3) is 0.121. The zero-order valence-electron chi connectivity index (χ0n) is 39.9. The Kier molecular flexibility index (Phi) is 7.62. The molecule has 0 radical (unpaired) electrons. The number of benzene rings is 12. The van der Waals surface area contributed by atoms with E-state index in [0.717, 1.165) is 0 Å². The summed E-state index contributed by atoms with van der Waals surface area (Å²) in [4.78, 5) is 2.66. The largest absolute Gasteiger partial charge is 0.375 e. The van der Waals surface area contributed by atoms with Gasteiger partial charge in [0.1, 0.15) is 0 Å². The minimum Gasteiger partial charge on any atom is -0.375 e. The number of fused-ring (bicyclic) bond motifs is 20. The van der Waals surface area contributed by atoms with Crippen LogP contribution in [0.15, 0.2) is 188 Å². The van der Waals surface area contributed by atoms with E-state index in [9.17, 15) is 0 Å². The maximum Gasteiger partial charge on any atom is 0.333 e. The van der Waals surface area contributed by atoms with Crippen LogP contribution in [-0.4, -0.2) is 11.3 Å². The molecule has 1 aromatic heterocycles. The Morgan fingerprint density at radius 2 is 0.870 bits per heavy atom. The molecule has 0 spiro atoms. The second-order valence-electron chi connectivity index (χ2n) is 22.1. The van der Waals surface area contributed by atoms with Crippen LogP contribution in [0, 0.1) is 0 Å².